The Labute approximate surface area is 126 Å². The summed E-state index contributed by atoms with van der Waals surface area (Å²) >= 11 is 0. The Kier molecular flexibility index (Phi) is 5.79. The number of phenolic OH excluding ortho intramolecular Hbond substituents is 1. The molecule has 0 bridgehead atoms. The molecule has 0 saturated carbocycles. The summed E-state index contributed by atoms with van der Waals surface area (Å²) in [5, 5.41) is 9.70. The van der Waals surface area contributed by atoms with Crippen LogP contribution in [0.15, 0.2) is 30.4 Å². The first kappa shape index (κ1) is 16.0. The van der Waals surface area contributed by atoms with Crippen LogP contribution >= 0.6 is 0 Å². The number of rotatable bonds is 7. The Bertz CT molecular complexity index is 484. The van der Waals surface area contributed by atoms with E-state index in [1.54, 1.807) is 19.2 Å². The molecule has 0 aromatic heterocycles. The molecule has 1 aromatic carbocycles. The Balaban J connectivity index is 2.04. The van der Waals surface area contributed by atoms with E-state index in [-0.39, 0.29) is 18.6 Å². The Morgan fingerprint density at radius 2 is 2.19 bits per heavy atom. The maximum absolute atomic E-state index is 9.70. The van der Waals surface area contributed by atoms with Gasteiger partial charge in [0.2, 0.25) is 0 Å². The lowest BCUT2D eigenvalue weighted by molar-refractivity contribution is -0.106. The zero-order chi connectivity index (χ0) is 15.2. The van der Waals surface area contributed by atoms with Crippen LogP contribution in [-0.4, -0.2) is 32.2 Å². The molecule has 21 heavy (non-hydrogen) atoms. The van der Waals surface area contributed by atoms with Gasteiger partial charge in [-0.2, -0.15) is 0 Å². The molecule has 2 rings (SSSR count). The van der Waals surface area contributed by atoms with Crippen molar-refractivity contribution in [3.8, 4) is 5.75 Å². The van der Waals surface area contributed by atoms with Crippen molar-refractivity contribution in [1.29, 1.82) is 0 Å². The van der Waals surface area contributed by atoms with Crippen LogP contribution in [0.5, 0.6) is 5.75 Å². The predicted octanol–water partition coefficient (Wildman–Crippen LogP) is 3.21. The highest BCUT2D eigenvalue weighted by atomic mass is 16.7. The Morgan fingerprint density at radius 3 is 2.90 bits per heavy atom. The first-order valence-corrected chi connectivity index (χ1v) is 7.27. The predicted molar refractivity (Wildman–Crippen MR) is 81.3 cm³/mol. The van der Waals surface area contributed by atoms with E-state index in [0.29, 0.717) is 19.1 Å². The second-order valence-corrected chi connectivity index (χ2v) is 5.54. The third-order valence-electron chi connectivity index (χ3n) is 3.92. The highest BCUT2D eigenvalue weighted by molar-refractivity contribution is 5.39. The van der Waals surface area contributed by atoms with E-state index in [2.05, 4.69) is 13.5 Å². The molecule has 1 aromatic rings. The number of phenols is 1. The molecule has 2 atom stereocenters. The molecule has 4 heteroatoms. The minimum absolute atomic E-state index is 0.0647. The van der Waals surface area contributed by atoms with Crippen LogP contribution in [0.1, 0.15) is 30.6 Å². The summed E-state index contributed by atoms with van der Waals surface area (Å²) in [6, 6.07) is 5.50. The summed E-state index contributed by atoms with van der Waals surface area (Å²) in [6.07, 6.45) is 1.76. The van der Waals surface area contributed by atoms with Crippen molar-refractivity contribution < 1.29 is 19.3 Å². The van der Waals surface area contributed by atoms with Gasteiger partial charge >= 0.3 is 0 Å². The molecule has 1 aliphatic carbocycles. The molecule has 1 N–H and O–H groups in total. The standard InChI is InChI=1S/C17H24O4/c1-12(2)14-8-13-4-5-15(18)10-16(13)17(9-14)21-11-20-7-6-19-3/h4-5,10,14,17-18H,1,6-9,11H2,2-3H3/t14-,17-/m0/s1. The molecule has 0 heterocycles. The van der Waals surface area contributed by atoms with Crippen LogP contribution < -0.4 is 0 Å². The average Bonchev–Trinajstić information content (AvgIpc) is 2.46. The minimum Gasteiger partial charge on any atom is -0.508 e. The number of hydrogen-bond donors (Lipinski definition) is 1. The van der Waals surface area contributed by atoms with Crippen LogP contribution in [0.2, 0.25) is 0 Å². The van der Waals surface area contributed by atoms with Crippen molar-refractivity contribution in [3.05, 3.63) is 41.5 Å². The lowest BCUT2D eigenvalue weighted by atomic mass is 9.79. The van der Waals surface area contributed by atoms with Gasteiger partial charge in [0, 0.05) is 7.11 Å². The first-order chi connectivity index (χ1) is 10.1. The summed E-state index contributed by atoms with van der Waals surface area (Å²) in [6.45, 7) is 7.43. The van der Waals surface area contributed by atoms with Crippen molar-refractivity contribution >= 4 is 0 Å². The van der Waals surface area contributed by atoms with Crippen molar-refractivity contribution in [2.24, 2.45) is 5.92 Å². The van der Waals surface area contributed by atoms with E-state index in [1.165, 1.54) is 11.1 Å². The fourth-order valence-corrected chi connectivity index (χ4v) is 2.67. The molecule has 0 aliphatic heterocycles. The third kappa shape index (κ3) is 4.30. The van der Waals surface area contributed by atoms with E-state index in [1.807, 2.05) is 6.07 Å². The molecule has 0 radical (unpaired) electrons. The fourth-order valence-electron chi connectivity index (χ4n) is 2.67. The van der Waals surface area contributed by atoms with Gasteiger partial charge < -0.3 is 19.3 Å². The highest BCUT2D eigenvalue weighted by Crippen LogP contribution is 2.39. The van der Waals surface area contributed by atoms with Gasteiger partial charge in [0.25, 0.3) is 0 Å². The zero-order valence-corrected chi connectivity index (χ0v) is 12.8. The summed E-state index contributed by atoms with van der Waals surface area (Å²) in [4.78, 5) is 0. The van der Waals surface area contributed by atoms with Crippen LogP contribution in [0.3, 0.4) is 0 Å². The lowest BCUT2D eigenvalue weighted by Gasteiger charge is -2.32. The fraction of sp³-hybridized carbons (Fsp3) is 0.529. The third-order valence-corrected chi connectivity index (χ3v) is 3.92. The number of hydrogen-bond acceptors (Lipinski definition) is 4. The molecule has 116 valence electrons. The van der Waals surface area contributed by atoms with Gasteiger partial charge in [0.05, 0.1) is 19.3 Å². The second kappa shape index (κ2) is 7.59. The minimum atomic E-state index is -0.0647. The molecule has 4 nitrogen and oxygen atoms in total. The van der Waals surface area contributed by atoms with Gasteiger partial charge in [-0.1, -0.05) is 18.2 Å². The van der Waals surface area contributed by atoms with E-state index in [9.17, 15) is 5.11 Å². The van der Waals surface area contributed by atoms with Crippen molar-refractivity contribution in [1.82, 2.24) is 0 Å². The van der Waals surface area contributed by atoms with Gasteiger partial charge in [-0.05, 0) is 48.9 Å². The number of benzene rings is 1. The summed E-state index contributed by atoms with van der Waals surface area (Å²) < 4.78 is 16.2. The maximum atomic E-state index is 9.70. The van der Waals surface area contributed by atoms with Crippen LogP contribution in [-0.2, 0) is 20.6 Å². The van der Waals surface area contributed by atoms with Gasteiger partial charge in [0.15, 0.2) is 0 Å². The Morgan fingerprint density at radius 1 is 1.38 bits per heavy atom. The SMILES string of the molecule is C=C(C)[C@H]1Cc2ccc(O)cc2[C@@H](OCOCCOC)C1. The molecule has 0 amide bonds. The number of fused-ring (bicyclic) bond motifs is 1. The summed E-state index contributed by atoms with van der Waals surface area (Å²) in [5.74, 6) is 0.683. The molecule has 0 spiro atoms. The van der Waals surface area contributed by atoms with E-state index < -0.39 is 0 Å². The smallest absolute Gasteiger partial charge is 0.147 e. The van der Waals surface area contributed by atoms with E-state index in [4.69, 9.17) is 14.2 Å². The second-order valence-electron chi connectivity index (χ2n) is 5.54. The quantitative estimate of drug-likeness (QED) is 0.476. The largest absolute Gasteiger partial charge is 0.508 e. The van der Waals surface area contributed by atoms with Crippen molar-refractivity contribution in [2.75, 3.05) is 27.1 Å². The molecule has 0 unspecified atom stereocenters. The molecule has 0 saturated heterocycles. The van der Waals surface area contributed by atoms with Crippen molar-refractivity contribution in [2.45, 2.75) is 25.9 Å². The average molecular weight is 292 g/mol. The monoisotopic (exact) mass is 292 g/mol. The van der Waals surface area contributed by atoms with Gasteiger partial charge in [0.1, 0.15) is 12.5 Å². The van der Waals surface area contributed by atoms with Crippen LogP contribution in [0, 0.1) is 5.92 Å². The lowest BCUT2D eigenvalue weighted by Crippen LogP contribution is -2.22. The van der Waals surface area contributed by atoms with Gasteiger partial charge in [-0.25, -0.2) is 0 Å². The number of allylic oxidation sites excluding steroid dienone is 1. The normalized spacial score (nSPS) is 21.0. The van der Waals surface area contributed by atoms with Gasteiger partial charge in [-0.3, -0.25) is 0 Å². The van der Waals surface area contributed by atoms with Gasteiger partial charge in [-0.15, -0.1) is 0 Å². The van der Waals surface area contributed by atoms with E-state index in [0.717, 1.165) is 18.4 Å². The molecular weight excluding hydrogens is 268 g/mol. The topological polar surface area (TPSA) is 47.9 Å². The van der Waals surface area contributed by atoms with Crippen molar-refractivity contribution in [3.63, 3.8) is 0 Å². The number of ether oxygens (including phenoxy) is 3. The first-order valence-electron chi connectivity index (χ1n) is 7.27. The van der Waals surface area contributed by atoms with Crippen LogP contribution in [0.4, 0.5) is 0 Å². The molecular formula is C17H24O4. The van der Waals surface area contributed by atoms with E-state index >= 15 is 0 Å². The summed E-state index contributed by atoms with van der Waals surface area (Å²) in [5.41, 5.74) is 3.44. The zero-order valence-electron chi connectivity index (χ0n) is 12.8. The highest BCUT2D eigenvalue weighted by Gasteiger charge is 2.28. The van der Waals surface area contributed by atoms with Crippen LogP contribution in [0.25, 0.3) is 0 Å². The molecule has 1 aliphatic rings. The Hall–Kier alpha value is -1.36. The summed E-state index contributed by atoms with van der Waals surface area (Å²) in [7, 11) is 1.64. The maximum Gasteiger partial charge on any atom is 0.147 e. The number of methoxy groups -OCH3 is 1. The molecule has 0 fully saturated rings. The number of aromatic hydroxyl groups is 1.